The first-order chi connectivity index (χ1) is 11.4. The number of anilines is 1. The Hall–Kier alpha value is -1.57. The van der Waals surface area contributed by atoms with Crippen LogP contribution in [0, 0.1) is 6.92 Å². The summed E-state index contributed by atoms with van der Waals surface area (Å²) in [5.41, 5.74) is 2.10. The summed E-state index contributed by atoms with van der Waals surface area (Å²) >= 11 is 6.22. The van der Waals surface area contributed by atoms with Gasteiger partial charge in [0, 0.05) is 43.9 Å². The lowest BCUT2D eigenvalue weighted by atomic mass is 10.1. The molecular formula is C16H21ClN4O2S. The van der Waals surface area contributed by atoms with E-state index in [-0.39, 0.29) is 5.03 Å². The Labute approximate surface area is 147 Å². The summed E-state index contributed by atoms with van der Waals surface area (Å²) < 4.78 is 28.6. The quantitative estimate of drug-likeness (QED) is 0.834. The van der Waals surface area contributed by atoms with E-state index in [0.29, 0.717) is 19.6 Å². The van der Waals surface area contributed by atoms with Crippen molar-refractivity contribution in [3.63, 3.8) is 0 Å². The predicted molar refractivity (Wildman–Crippen MR) is 95.0 cm³/mol. The Kier molecular flexibility index (Phi) is 4.85. The van der Waals surface area contributed by atoms with Gasteiger partial charge in [0.05, 0.1) is 6.20 Å². The Balaban J connectivity index is 1.81. The van der Waals surface area contributed by atoms with Crippen LogP contribution < -0.4 is 4.90 Å². The van der Waals surface area contributed by atoms with E-state index in [2.05, 4.69) is 10.00 Å². The van der Waals surface area contributed by atoms with Gasteiger partial charge in [0.25, 0.3) is 10.0 Å². The van der Waals surface area contributed by atoms with Crippen LogP contribution in [0.1, 0.15) is 12.0 Å². The van der Waals surface area contributed by atoms with Crippen LogP contribution in [0.4, 0.5) is 5.69 Å². The van der Waals surface area contributed by atoms with E-state index in [4.69, 9.17) is 11.6 Å². The number of hydrogen-bond donors (Lipinski definition) is 0. The minimum absolute atomic E-state index is 0.231. The normalized spacial score (nSPS) is 17.0. The van der Waals surface area contributed by atoms with Crippen LogP contribution in [0.15, 0.2) is 35.5 Å². The molecule has 0 amide bonds. The lowest BCUT2D eigenvalue weighted by Crippen LogP contribution is -2.36. The molecule has 2 heterocycles. The minimum Gasteiger partial charge on any atom is -0.370 e. The fourth-order valence-electron chi connectivity index (χ4n) is 3.06. The van der Waals surface area contributed by atoms with Gasteiger partial charge in [0.1, 0.15) is 0 Å². The van der Waals surface area contributed by atoms with E-state index in [1.807, 2.05) is 25.1 Å². The van der Waals surface area contributed by atoms with Gasteiger partial charge in [0.2, 0.25) is 0 Å². The number of aromatic nitrogens is 2. The number of sulfonamides is 1. The average molecular weight is 369 g/mol. The van der Waals surface area contributed by atoms with E-state index in [1.54, 1.807) is 17.4 Å². The zero-order valence-electron chi connectivity index (χ0n) is 13.8. The molecule has 8 heteroatoms. The maximum atomic E-state index is 12.8. The van der Waals surface area contributed by atoms with Crippen molar-refractivity contribution in [3.05, 3.63) is 41.0 Å². The molecule has 24 heavy (non-hydrogen) atoms. The first-order valence-electron chi connectivity index (χ1n) is 7.89. The molecule has 6 nitrogen and oxygen atoms in total. The fraction of sp³-hybridized carbons (Fsp3) is 0.438. The summed E-state index contributed by atoms with van der Waals surface area (Å²) in [5.74, 6) is 0. The van der Waals surface area contributed by atoms with Gasteiger partial charge in [-0.25, -0.2) is 8.42 Å². The van der Waals surface area contributed by atoms with Crippen LogP contribution in [-0.2, 0) is 17.1 Å². The van der Waals surface area contributed by atoms with Crippen LogP contribution in [0.5, 0.6) is 0 Å². The molecule has 1 saturated heterocycles. The number of rotatable bonds is 3. The van der Waals surface area contributed by atoms with Crippen molar-refractivity contribution in [1.29, 1.82) is 0 Å². The lowest BCUT2D eigenvalue weighted by Gasteiger charge is -2.25. The third-order valence-corrected chi connectivity index (χ3v) is 6.80. The van der Waals surface area contributed by atoms with E-state index < -0.39 is 10.0 Å². The zero-order chi connectivity index (χ0) is 17.3. The predicted octanol–water partition coefficient (Wildman–Crippen LogP) is 2.28. The van der Waals surface area contributed by atoms with Crippen molar-refractivity contribution in [3.8, 4) is 0 Å². The molecule has 0 aliphatic carbocycles. The first kappa shape index (κ1) is 17.3. The van der Waals surface area contributed by atoms with Crippen LogP contribution in [0.25, 0.3) is 0 Å². The number of hydrogen-bond acceptors (Lipinski definition) is 4. The lowest BCUT2D eigenvalue weighted by molar-refractivity contribution is 0.426. The summed E-state index contributed by atoms with van der Waals surface area (Å²) in [5, 5.41) is 4.93. The standard InChI is InChI=1S/C16H21ClN4O2S/c1-13-14(17)5-3-6-15(13)20-9-4-10-21(12-11-20)24(22,23)16-7-8-18-19(16)2/h3,5-8H,4,9-12H2,1-2H3. The Morgan fingerprint density at radius 3 is 2.62 bits per heavy atom. The van der Waals surface area contributed by atoms with Crippen molar-refractivity contribution in [2.45, 2.75) is 18.4 Å². The van der Waals surface area contributed by atoms with Gasteiger partial charge < -0.3 is 4.90 Å². The second-order valence-electron chi connectivity index (χ2n) is 5.92. The molecule has 1 aromatic carbocycles. The molecular weight excluding hydrogens is 348 g/mol. The highest BCUT2D eigenvalue weighted by molar-refractivity contribution is 7.89. The highest BCUT2D eigenvalue weighted by atomic mass is 35.5. The van der Waals surface area contributed by atoms with Crippen molar-refractivity contribution in [2.24, 2.45) is 7.05 Å². The van der Waals surface area contributed by atoms with Gasteiger partial charge in [-0.05, 0) is 37.1 Å². The van der Waals surface area contributed by atoms with E-state index in [1.165, 1.54) is 10.9 Å². The largest absolute Gasteiger partial charge is 0.370 e. The molecule has 0 unspecified atom stereocenters. The first-order valence-corrected chi connectivity index (χ1v) is 9.71. The van der Waals surface area contributed by atoms with Gasteiger partial charge in [-0.2, -0.15) is 9.40 Å². The maximum Gasteiger partial charge on any atom is 0.260 e. The number of benzene rings is 1. The van der Waals surface area contributed by atoms with Crippen LogP contribution in [0.3, 0.4) is 0 Å². The van der Waals surface area contributed by atoms with Gasteiger partial charge in [-0.3, -0.25) is 4.68 Å². The molecule has 2 aromatic rings. The molecule has 130 valence electrons. The monoisotopic (exact) mass is 368 g/mol. The average Bonchev–Trinajstić information content (AvgIpc) is 2.83. The van der Waals surface area contributed by atoms with Gasteiger partial charge in [-0.1, -0.05) is 17.7 Å². The van der Waals surface area contributed by atoms with Crippen LogP contribution in [0.2, 0.25) is 5.02 Å². The molecule has 0 spiro atoms. The summed E-state index contributed by atoms with van der Waals surface area (Å²) in [7, 11) is -1.87. The highest BCUT2D eigenvalue weighted by Gasteiger charge is 2.29. The Morgan fingerprint density at radius 2 is 1.92 bits per heavy atom. The molecule has 1 fully saturated rings. The summed E-state index contributed by atoms with van der Waals surface area (Å²) in [6.45, 7) is 4.38. The summed E-state index contributed by atoms with van der Waals surface area (Å²) in [6.07, 6.45) is 2.27. The Morgan fingerprint density at radius 1 is 1.12 bits per heavy atom. The molecule has 1 aliphatic rings. The van der Waals surface area contributed by atoms with Crippen molar-refractivity contribution < 1.29 is 8.42 Å². The van der Waals surface area contributed by atoms with Crippen LogP contribution in [-0.4, -0.2) is 48.7 Å². The van der Waals surface area contributed by atoms with Crippen molar-refractivity contribution >= 4 is 27.3 Å². The third-order valence-electron chi connectivity index (χ3n) is 4.41. The van der Waals surface area contributed by atoms with Crippen LogP contribution >= 0.6 is 11.6 Å². The molecule has 1 aliphatic heterocycles. The van der Waals surface area contributed by atoms with E-state index in [9.17, 15) is 8.42 Å². The Bertz CT molecular complexity index is 834. The molecule has 0 atom stereocenters. The molecule has 0 N–H and O–H groups in total. The highest BCUT2D eigenvalue weighted by Crippen LogP contribution is 2.28. The van der Waals surface area contributed by atoms with Gasteiger partial charge >= 0.3 is 0 Å². The van der Waals surface area contributed by atoms with Gasteiger partial charge in [-0.15, -0.1) is 0 Å². The van der Waals surface area contributed by atoms with E-state index in [0.717, 1.165) is 29.2 Å². The molecule has 1 aromatic heterocycles. The smallest absolute Gasteiger partial charge is 0.260 e. The summed E-state index contributed by atoms with van der Waals surface area (Å²) in [6, 6.07) is 7.38. The van der Waals surface area contributed by atoms with Crippen molar-refractivity contribution in [1.82, 2.24) is 14.1 Å². The maximum absolute atomic E-state index is 12.8. The molecule has 0 bridgehead atoms. The van der Waals surface area contributed by atoms with E-state index >= 15 is 0 Å². The zero-order valence-corrected chi connectivity index (χ0v) is 15.4. The molecule has 0 saturated carbocycles. The second-order valence-corrected chi connectivity index (χ2v) is 8.21. The molecule has 0 radical (unpaired) electrons. The fourth-order valence-corrected chi connectivity index (χ4v) is 4.80. The summed E-state index contributed by atoms with van der Waals surface area (Å²) in [4.78, 5) is 2.21. The van der Waals surface area contributed by atoms with Crippen molar-refractivity contribution in [2.75, 3.05) is 31.1 Å². The molecule has 3 rings (SSSR count). The second kappa shape index (κ2) is 6.74. The number of aryl methyl sites for hydroxylation is 1. The third kappa shape index (κ3) is 3.16. The number of nitrogens with zero attached hydrogens (tertiary/aromatic N) is 4. The van der Waals surface area contributed by atoms with Gasteiger partial charge in [0.15, 0.2) is 5.03 Å². The topological polar surface area (TPSA) is 58.4 Å². The minimum atomic E-state index is -3.52. The SMILES string of the molecule is Cc1c(Cl)cccc1N1CCCN(S(=O)(=O)c2ccnn2C)CC1. The number of halogens is 1.